The fourth-order valence-corrected chi connectivity index (χ4v) is 2.48. The third-order valence-electron chi connectivity index (χ3n) is 3.12. The Bertz CT molecular complexity index is 874. The number of halogens is 1. The molecule has 0 aliphatic rings. The van der Waals surface area contributed by atoms with Crippen LogP contribution in [0.5, 0.6) is 5.75 Å². The normalized spacial score (nSPS) is 10.3. The Hall–Kier alpha value is -3.00. The Balaban J connectivity index is 3.04. The van der Waals surface area contributed by atoms with E-state index in [2.05, 4.69) is 0 Å². The number of ether oxygens (including phenoxy) is 1. The van der Waals surface area contributed by atoms with E-state index < -0.39 is 34.4 Å². The average molecular weight is 339 g/mol. The molecule has 0 spiro atoms. The summed E-state index contributed by atoms with van der Waals surface area (Å²) < 4.78 is 5.02. The predicted molar refractivity (Wildman–Crippen MR) is 82.4 cm³/mol. The number of anilines is 1. The Morgan fingerprint density at radius 3 is 2.35 bits per heavy atom. The number of nitrogens with one attached hydrogen (secondary N) is 1. The molecule has 0 atom stereocenters. The number of benzene rings is 1. The summed E-state index contributed by atoms with van der Waals surface area (Å²) >= 11 is 6.14. The van der Waals surface area contributed by atoms with Crippen molar-refractivity contribution in [3.05, 3.63) is 44.7 Å². The number of methoxy groups -OCH3 is 1. The molecule has 23 heavy (non-hydrogen) atoms. The third-order valence-corrected chi connectivity index (χ3v) is 3.51. The molecule has 0 aliphatic carbocycles. The smallest absolute Gasteiger partial charge is 0.342 e. The molecular formula is C14H11ClN2O6. The quantitative estimate of drug-likeness (QED) is 0.664. The van der Waals surface area contributed by atoms with Crippen molar-refractivity contribution in [3.63, 3.8) is 0 Å². The number of nitrogen functional groups attached to an aromatic ring is 1. The monoisotopic (exact) mass is 338 g/mol. The highest BCUT2D eigenvalue weighted by Crippen LogP contribution is 2.38. The van der Waals surface area contributed by atoms with Crippen LogP contribution in [-0.2, 0) is 0 Å². The van der Waals surface area contributed by atoms with Crippen LogP contribution in [0.25, 0.3) is 11.1 Å². The molecule has 1 aromatic carbocycles. The van der Waals surface area contributed by atoms with Crippen molar-refractivity contribution in [2.45, 2.75) is 0 Å². The zero-order valence-corrected chi connectivity index (χ0v) is 12.5. The molecule has 0 unspecified atom stereocenters. The van der Waals surface area contributed by atoms with Crippen molar-refractivity contribution in [2.75, 3.05) is 12.8 Å². The second-order valence-electron chi connectivity index (χ2n) is 4.42. The minimum absolute atomic E-state index is 0.0126. The number of hydrogen-bond acceptors (Lipinski definition) is 5. The SMILES string of the molecule is COc1cccc(-c2c(C(=O)O)c(N)[nH]c(=O)c2C(=O)O)c1Cl. The molecule has 1 heterocycles. The summed E-state index contributed by atoms with van der Waals surface area (Å²) in [6, 6.07) is 4.36. The molecule has 0 bridgehead atoms. The zero-order chi connectivity index (χ0) is 17.3. The lowest BCUT2D eigenvalue weighted by atomic mass is 9.95. The molecular weight excluding hydrogens is 328 g/mol. The molecule has 0 fully saturated rings. The summed E-state index contributed by atoms with van der Waals surface area (Å²) in [5.41, 5.74) is 2.82. The van der Waals surface area contributed by atoms with Gasteiger partial charge in [0.1, 0.15) is 22.7 Å². The first kappa shape index (κ1) is 16.4. The van der Waals surface area contributed by atoms with Gasteiger partial charge < -0.3 is 25.7 Å². The van der Waals surface area contributed by atoms with Crippen LogP contribution in [0.4, 0.5) is 5.82 Å². The van der Waals surface area contributed by atoms with Crippen molar-refractivity contribution in [1.29, 1.82) is 0 Å². The fourth-order valence-electron chi connectivity index (χ4n) is 2.18. The minimum atomic E-state index is -1.61. The second-order valence-corrected chi connectivity index (χ2v) is 4.80. The molecule has 1 aromatic heterocycles. The van der Waals surface area contributed by atoms with E-state index in [1.807, 2.05) is 4.98 Å². The van der Waals surface area contributed by atoms with E-state index in [1.54, 1.807) is 0 Å². The number of pyridine rings is 1. The van der Waals surface area contributed by atoms with Crippen molar-refractivity contribution in [2.24, 2.45) is 0 Å². The lowest BCUT2D eigenvalue weighted by Gasteiger charge is -2.14. The molecule has 0 amide bonds. The largest absolute Gasteiger partial charge is 0.495 e. The lowest BCUT2D eigenvalue weighted by molar-refractivity contribution is 0.0695. The molecule has 5 N–H and O–H groups in total. The first-order valence-corrected chi connectivity index (χ1v) is 6.52. The number of carbonyl (C=O) groups is 2. The second kappa shape index (κ2) is 6.01. The van der Waals surface area contributed by atoms with Gasteiger partial charge in [0.25, 0.3) is 5.56 Å². The van der Waals surface area contributed by atoms with E-state index in [-0.39, 0.29) is 21.9 Å². The summed E-state index contributed by atoms with van der Waals surface area (Å²) in [4.78, 5) is 36.9. The number of H-pyrrole nitrogens is 1. The Morgan fingerprint density at radius 2 is 1.83 bits per heavy atom. The molecule has 0 saturated heterocycles. The van der Waals surface area contributed by atoms with E-state index in [1.165, 1.54) is 25.3 Å². The molecule has 9 heteroatoms. The number of carboxylic acids is 2. The van der Waals surface area contributed by atoms with Gasteiger partial charge in [-0.15, -0.1) is 0 Å². The maximum Gasteiger partial charge on any atom is 0.342 e. The first-order chi connectivity index (χ1) is 10.8. The summed E-state index contributed by atoms with van der Waals surface area (Å²) in [5.74, 6) is -3.39. The van der Waals surface area contributed by atoms with Gasteiger partial charge in [-0.2, -0.15) is 0 Å². The van der Waals surface area contributed by atoms with E-state index in [9.17, 15) is 24.6 Å². The van der Waals surface area contributed by atoms with Crippen molar-refractivity contribution < 1.29 is 24.5 Å². The van der Waals surface area contributed by atoms with Crippen LogP contribution in [0.15, 0.2) is 23.0 Å². The van der Waals surface area contributed by atoms with Gasteiger partial charge in [-0.25, -0.2) is 9.59 Å². The van der Waals surface area contributed by atoms with Crippen LogP contribution in [0.1, 0.15) is 20.7 Å². The van der Waals surface area contributed by atoms with E-state index >= 15 is 0 Å². The van der Waals surface area contributed by atoms with Crippen LogP contribution in [0.3, 0.4) is 0 Å². The number of carboxylic acid groups (broad SMARTS) is 2. The van der Waals surface area contributed by atoms with E-state index in [0.717, 1.165) is 0 Å². The van der Waals surface area contributed by atoms with Gasteiger partial charge in [-0.1, -0.05) is 23.7 Å². The van der Waals surface area contributed by atoms with Gasteiger partial charge in [0, 0.05) is 11.1 Å². The molecule has 120 valence electrons. The van der Waals surface area contributed by atoms with Crippen LogP contribution in [0, 0.1) is 0 Å². The Morgan fingerprint density at radius 1 is 1.22 bits per heavy atom. The third kappa shape index (κ3) is 2.71. The van der Waals surface area contributed by atoms with Gasteiger partial charge in [-0.05, 0) is 6.07 Å². The number of hydrogen-bond donors (Lipinski definition) is 4. The molecule has 2 rings (SSSR count). The average Bonchev–Trinajstić information content (AvgIpc) is 2.45. The highest BCUT2D eigenvalue weighted by atomic mass is 35.5. The zero-order valence-electron chi connectivity index (χ0n) is 11.7. The van der Waals surface area contributed by atoms with Crippen LogP contribution in [-0.4, -0.2) is 34.2 Å². The molecule has 0 saturated carbocycles. The number of aromatic carboxylic acids is 2. The van der Waals surface area contributed by atoms with Gasteiger partial charge in [-0.3, -0.25) is 4.79 Å². The first-order valence-electron chi connectivity index (χ1n) is 6.14. The minimum Gasteiger partial charge on any atom is -0.495 e. The van der Waals surface area contributed by atoms with Gasteiger partial charge >= 0.3 is 11.9 Å². The topological polar surface area (TPSA) is 143 Å². The van der Waals surface area contributed by atoms with Gasteiger partial charge in [0.05, 0.1) is 12.1 Å². The van der Waals surface area contributed by atoms with Crippen LogP contribution < -0.4 is 16.0 Å². The number of aromatic amines is 1. The summed E-state index contributed by atoms with van der Waals surface area (Å²) in [6.45, 7) is 0. The lowest BCUT2D eigenvalue weighted by Crippen LogP contribution is -2.24. The van der Waals surface area contributed by atoms with Crippen LogP contribution in [0.2, 0.25) is 5.02 Å². The standard InChI is InChI=1S/C14H11ClN2O6/c1-23-6-4-2-3-5(10(6)15)7-8(13(19)20)11(16)17-12(18)9(7)14(21)22/h2-4H,1H3,(H,19,20)(H,21,22)(H3,16,17,18). The summed E-state index contributed by atoms with van der Waals surface area (Å²) in [5, 5.41) is 18.6. The van der Waals surface area contributed by atoms with Crippen molar-refractivity contribution >= 4 is 29.4 Å². The van der Waals surface area contributed by atoms with E-state index in [0.29, 0.717) is 0 Å². The number of aromatic nitrogens is 1. The molecule has 2 aromatic rings. The molecule has 0 radical (unpaired) electrons. The maximum atomic E-state index is 11.9. The van der Waals surface area contributed by atoms with E-state index in [4.69, 9.17) is 22.1 Å². The fraction of sp³-hybridized carbons (Fsp3) is 0.0714. The molecule has 0 aliphatic heterocycles. The Kier molecular flexibility index (Phi) is 4.28. The highest BCUT2D eigenvalue weighted by molar-refractivity contribution is 6.35. The number of nitrogens with two attached hydrogens (primary N) is 1. The molecule has 8 nitrogen and oxygen atoms in total. The Labute approximate surface area is 134 Å². The highest BCUT2D eigenvalue weighted by Gasteiger charge is 2.28. The number of rotatable bonds is 4. The van der Waals surface area contributed by atoms with Crippen molar-refractivity contribution in [1.82, 2.24) is 4.98 Å². The maximum absolute atomic E-state index is 11.9. The van der Waals surface area contributed by atoms with Crippen LogP contribution >= 0.6 is 11.6 Å². The van der Waals surface area contributed by atoms with Crippen molar-refractivity contribution in [3.8, 4) is 16.9 Å². The summed E-state index contributed by atoms with van der Waals surface area (Å²) in [6.07, 6.45) is 0. The van der Waals surface area contributed by atoms with Gasteiger partial charge in [0.15, 0.2) is 0 Å². The van der Waals surface area contributed by atoms with Gasteiger partial charge in [0.2, 0.25) is 0 Å². The predicted octanol–water partition coefficient (Wildman–Crippen LogP) is 1.68. The summed E-state index contributed by atoms with van der Waals surface area (Å²) in [7, 11) is 1.34.